The minimum Gasteiger partial charge on any atom is -0.311 e. The molecule has 0 saturated heterocycles. The molecule has 0 unspecified atom stereocenters. The van der Waals surface area contributed by atoms with Crippen molar-refractivity contribution in [3.63, 3.8) is 0 Å². The zero-order valence-electron chi connectivity index (χ0n) is 32.2. The maximum atomic E-state index is 2.39. The van der Waals surface area contributed by atoms with Crippen molar-refractivity contribution in [2.24, 2.45) is 0 Å². The number of hydrogen-bond acceptors (Lipinski definition) is 1. The lowest BCUT2D eigenvalue weighted by atomic mass is 9.66. The van der Waals surface area contributed by atoms with Gasteiger partial charge in [0.1, 0.15) is 0 Å². The average molecular weight is 728 g/mol. The molecule has 1 heteroatoms. The monoisotopic (exact) mass is 727 g/mol. The highest BCUT2D eigenvalue weighted by Crippen LogP contribution is 2.64. The summed E-state index contributed by atoms with van der Waals surface area (Å²) < 4.78 is 0. The van der Waals surface area contributed by atoms with Crippen molar-refractivity contribution in [1.82, 2.24) is 0 Å². The van der Waals surface area contributed by atoms with Crippen LogP contribution in [0.5, 0.6) is 0 Å². The lowest BCUT2D eigenvalue weighted by molar-refractivity contribution is 0.652. The van der Waals surface area contributed by atoms with Gasteiger partial charge in [-0.2, -0.15) is 0 Å². The number of hydrogen-bond donors (Lipinski definition) is 0. The van der Waals surface area contributed by atoms with Gasteiger partial charge in [-0.25, -0.2) is 0 Å². The summed E-state index contributed by atoms with van der Waals surface area (Å²) in [5, 5.41) is 2.52. The van der Waals surface area contributed by atoms with Crippen LogP contribution in [0.2, 0.25) is 0 Å². The molecule has 57 heavy (non-hydrogen) atoms. The number of nitrogens with zero attached hydrogens (tertiary/aromatic N) is 1. The van der Waals surface area contributed by atoms with Crippen molar-refractivity contribution < 1.29 is 0 Å². The topological polar surface area (TPSA) is 3.24 Å². The Morgan fingerprint density at radius 2 is 0.772 bits per heavy atom. The van der Waals surface area contributed by atoms with E-state index in [9.17, 15) is 0 Å². The number of benzene rings is 9. The summed E-state index contributed by atoms with van der Waals surface area (Å²) in [4.78, 5) is 2.39. The quantitative estimate of drug-likeness (QED) is 0.158. The Hall–Kier alpha value is -6.96. The lowest BCUT2D eigenvalue weighted by Gasteiger charge is -2.36. The second kappa shape index (κ2) is 12.8. The van der Waals surface area contributed by atoms with Crippen LogP contribution < -0.4 is 4.90 Å². The first-order valence-electron chi connectivity index (χ1n) is 20.0. The Bertz CT molecular complexity index is 2880. The molecule has 0 atom stereocenters. The Labute approximate surface area is 335 Å². The maximum absolute atomic E-state index is 2.39. The molecule has 9 aromatic carbocycles. The lowest BCUT2D eigenvalue weighted by Crippen LogP contribution is -2.30. The first-order chi connectivity index (χ1) is 28.0. The van der Waals surface area contributed by atoms with Gasteiger partial charge in [-0.15, -0.1) is 0 Å². The van der Waals surface area contributed by atoms with Crippen molar-refractivity contribution >= 4 is 27.8 Å². The molecular weight excluding hydrogens is 687 g/mol. The van der Waals surface area contributed by atoms with Crippen molar-refractivity contribution in [3.05, 3.63) is 246 Å². The smallest absolute Gasteiger partial charge is 0.0713 e. The van der Waals surface area contributed by atoms with Crippen LogP contribution in [0, 0.1) is 0 Å². The van der Waals surface area contributed by atoms with E-state index in [1.165, 1.54) is 77.5 Å². The fourth-order valence-electron chi connectivity index (χ4n) is 10.1. The molecule has 0 N–H and O–H groups in total. The number of fused-ring (bicyclic) bond motifs is 1. The molecule has 0 aromatic heterocycles. The van der Waals surface area contributed by atoms with E-state index in [1.54, 1.807) is 0 Å². The first kappa shape index (κ1) is 33.4. The van der Waals surface area contributed by atoms with Crippen LogP contribution >= 0.6 is 0 Å². The van der Waals surface area contributed by atoms with E-state index in [0.29, 0.717) is 0 Å². The highest BCUT2D eigenvalue weighted by atomic mass is 15.1. The van der Waals surface area contributed by atoms with E-state index in [2.05, 4.69) is 231 Å². The van der Waals surface area contributed by atoms with Gasteiger partial charge in [0.2, 0.25) is 0 Å². The summed E-state index contributed by atoms with van der Waals surface area (Å²) in [5.74, 6) is 0. The molecule has 1 nitrogen and oxygen atoms in total. The van der Waals surface area contributed by atoms with E-state index >= 15 is 0 Å². The Kier molecular flexibility index (Phi) is 7.50. The summed E-state index contributed by atoms with van der Waals surface area (Å²) >= 11 is 0. The molecular formula is C56H41N. The van der Waals surface area contributed by atoms with Gasteiger partial charge in [-0.05, 0) is 114 Å². The first-order valence-corrected chi connectivity index (χ1v) is 20.0. The third-order valence-electron chi connectivity index (χ3n) is 12.8. The molecule has 2 aliphatic carbocycles. The fourth-order valence-corrected chi connectivity index (χ4v) is 10.1. The van der Waals surface area contributed by atoms with Gasteiger partial charge in [0, 0.05) is 22.5 Å². The summed E-state index contributed by atoms with van der Waals surface area (Å²) in [6.07, 6.45) is 0. The Morgan fingerprint density at radius 1 is 0.333 bits per heavy atom. The van der Waals surface area contributed by atoms with Crippen LogP contribution in [0.1, 0.15) is 47.2 Å². The van der Waals surface area contributed by atoms with Gasteiger partial charge in [0.25, 0.3) is 0 Å². The summed E-state index contributed by atoms with van der Waals surface area (Å²) in [6.45, 7) is 4.76. The summed E-state index contributed by atoms with van der Waals surface area (Å²) in [7, 11) is 0. The molecule has 0 aliphatic heterocycles. The maximum Gasteiger partial charge on any atom is 0.0713 e. The van der Waals surface area contributed by atoms with Gasteiger partial charge in [0.15, 0.2) is 0 Å². The van der Waals surface area contributed by atoms with Crippen LogP contribution in [0.15, 0.2) is 212 Å². The summed E-state index contributed by atoms with van der Waals surface area (Å²) in [6, 6.07) is 78.4. The van der Waals surface area contributed by atoms with Crippen LogP contribution in [-0.4, -0.2) is 0 Å². The molecule has 0 amide bonds. The van der Waals surface area contributed by atoms with Crippen LogP contribution in [-0.2, 0) is 10.8 Å². The highest BCUT2D eigenvalue weighted by molar-refractivity contribution is 5.97. The minimum atomic E-state index is -0.435. The number of rotatable bonds is 7. The van der Waals surface area contributed by atoms with E-state index in [0.717, 1.165) is 17.1 Å². The molecule has 0 radical (unpaired) electrons. The Morgan fingerprint density at radius 3 is 1.39 bits per heavy atom. The molecule has 0 saturated carbocycles. The van der Waals surface area contributed by atoms with Gasteiger partial charge in [0.05, 0.1) is 5.41 Å². The highest BCUT2D eigenvalue weighted by Gasteiger charge is 2.52. The molecule has 270 valence electrons. The zero-order chi connectivity index (χ0) is 38.1. The van der Waals surface area contributed by atoms with Crippen molar-refractivity contribution in [2.45, 2.75) is 24.7 Å². The third-order valence-corrected chi connectivity index (χ3v) is 12.8. The second-order valence-electron chi connectivity index (χ2n) is 16.1. The third kappa shape index (κ3) is 4.95. The van der Waals surface area contributed by atoms with E-state index < -0.39 is 5.41 Å². The SMILES string of the molecule is CC1(C)c2cccc3c2-c2c1cccc2C3(c1ccccc1)c1ccc(N(c2ccc(-c3ccccc3)cc2)c2ccc(-c3cccc4ccccc34)cc2)cc1. The second-order valence-corrected chi connectivity index (χ2v) is 16.1. The predicted molar refractivity (Wildman–Crippen MR) is 239 cm³/mol. The molecule has 0 bridgehead atoms. The van der Waals surface area contributed by atoms with Gasteiger partial charge in [-0.3, -0.25) is 0 Å². The van der Waals surface area contributed by atoms with Crippen molar-refractivity contribution in [1.29, 1.82) is 0 Å². The van der Waals surface area contributed by atoms with Crippen molar-refractivity contribution in [2.75, 3.05) is 4.90 Å². The molecule has 0 fully saturated rings. The van der Waals surface area contributed by atoms with Gasteiger partial charge < -0.3 is 4.90 Å². The van der Waals surface area contributed by atoms with Crippen LogP contribution in [0.3, 0.4) is 0 Å². The molecule has 9 aromatic rings. The van der Waals surface area contributed by atoms with Crippen LogP contribution in [0.25, 0.3) is 44.2 Å². The predicted octanol–water partition coefficient (Wildman–Crippen LogP) is 14.6. The number of anilines is 3. The van der Waals surface area contributed by atoms with E-state index in [4.69, 9.17) is 0 Å². The standard InChI is InChI=1S/C56H41N/c1-55(2)49-22-12-24-51-53(49)54-50(55)23-13-25-52(54)56(51,42-18-7-4-8-19-42)43-30-36-46(37-31-43)57(44-32-26-39(27-33-44)38-14-5-3-6-15-38)45-34-28-41(29-35-45)48-21-11-17-40-16-9-10-20-47(40)48/h3-37H,1-2H3. The van der Waals surface area contributed by atoms with E-state index in [1.807, 2.05) is 0 Å². The van der Waals surface area contributed by atoms with Crippen molar-refractivity contribution in [3.8, 4) is 33.4 Å². The minimum absolute atomic E-state index is 0.0386. The summed E-state index contributed by atoms with van der Waals surface area (Å²) in [5.41, 5.74) is 18.8. The molecule has 0 heterocycles. The largest absolute Gasteiger partial charge is 0.311 e. The van der Waals surface area contributed by atoms with Gasteiger partial charge in [-0.1, -0.05) is 190 Å². The Balaban J connectivity index is 1.06. The fraction of sp³-hybridized carbons (Fsp3) is 0.0714. The normalized spacial score (nSPS) is 14.1. The van der Waals surface area contributed by atoms with Gasteiger partial charge >= 0.3 is 0 Å². The van der Waals surface area contributed by atoms with Crippen LogP contribution in [0.4, 0.5) is 17.1 Å². The van der Waals surface area contributed by atoms with E-state index in [-0.39, 0.29) is 5.41 Å². The molecule has 2 aliphatic rings. The zero-order valence-corrected chi connectivity index (χ0v) is 32.2. The molecule has 11 rings (SSSR count). The average Bonchev–Trinajstić information content (AvgIpc) is 3.72. The molecule has 0 spiro atoms.